The molecular formula is C19H32FIN4O2S. The van der Waals surface area contributed by atoms with Crippen molar-refractivity contribution in [2.45, 2.75) is 24.3 Å². The highest BCUT2D eigenvalue weighted by atomic mass is 127. The molecule has 1 unspecified atom stereocenters. The van der Waals surface area contributed by atoms with E-state index in [0.717, 1.165) is 50.0 Å². The Morgan fingerprint density at radius 1 is 1.29 bits per heavy atom. The first kappa shape index (κ1) is 25.4. The summed E-state index contributed by atoms with van der Waals surface area (Å²) in [6.07, 6.45) is 0. The van der Waals surface area contributed by atoms with Crippen molar-refractivity contribution >= 4 is 41.7 Å². The van der Waals surface area contributed by atoms with Gasteiger partial charge in [0, 0.05) is 43.4 Å². The second kappa shape index (κ2) is 13.6. The van der Waals surface area contributed by atoms with E-state index in [4.69, 9.17) is 4.74 Å². The van der Waals surface area contributed by atoms with Crippen molar-refractivity contribution < 1.29 is 14.2 Å². The van der Waals surface area contributed by atoms with Gasteiger partial charge in [0.2, 0.25) is 0 Å². The molecule has 1 heterocycles. The van der Waals surface area contributed by atoms with Gasteiger partial charge in [-0.1, -0.05) is 0 Å². The van der Waals surface area contributed by atoms with Crippen molar-refractivity contribution in [2.24, 2.45) is 4.99 Å². The van der Waals surface area contributed by atoms with Crippen molar-refractivity contribution in [2.75, 3.05) is 58.2 Å². The van der Waals surface area contributed by atoms with E-state index in [1.165, 1.54) is 12.1 Å². The van der Waals surface area contributed by atoms with Crippen LogP contribution < -0.4 is 10.6 Å². The fraction of sp³-hybridized carbons (Fsp3) is 0.632. The lowest BCUT2D eigenvalue weighted by atomic mass is 10.1. The maximum atomic E-state index is 12.9. The van der Waals surface area contributed by atoms with Gasteiger partial charge in [-0.25, -0.2) is 4.39 Å². The minimum atomic E-state index is -0.886. The first-order valence-corrected chi connectivity index (χ1v) is 10.4. The van der Waals surface area contributed by atoms with Crippen LogP contribution in [0.5, 0.6) is 0 Å². The van der Waals surface area contributed by atoms with Crippen LogP contribution in [0.3, 0.4) is 0 Å². The molecule has 9 heteroatoms. The zero-order valence-electron chi connectivity index (χ0n) is 16.6. The van der Waals surface area contributed by atoms with Crippen molar-refractivity contribution in [3.63, 3.8) is 0 Å². The molecule has 0 bridgehead atoms. The number of nitrogens with zero attached hydrogens (tertiary/aromatic N) is 2. The smallest absolute Gasteiger partial charge is 0.191 e. The largest absolute Gasteiger partial charge is 0.387 e. The van der Waals surface area contributed by atoms with E-state index >= 15 is 0 Å². The van der Waals surface area contributed by atoms with Crippen LogP contribution in [0, 0.1) is 5.82 Å². The fourth-order valence-electron chi connectivity index (χ4n) is 2.75. The summed E-state index contributed by atoms with van der Waals surface area (Å²) in [5.41, 5.74) is -0.886. The van der Waals surface area contributed by atoms with Crippen molar-refractivity contribution in [3.05, 3.63) is 30.1 Å². The predicted octanol–water partition coefficient (Wildman–Crippen LogP) is 2.17. The number of aliphatic imine (C=N–C) groups is 1. The molecule has 1 aliphatic rings. The highest BCUT2D eigenvalue weighted by molar-refractivity contribution is 14.0. The number of halogens is 2. The molecule has 0 amide bonds. The maximum absolute atomic E-state index is 12.9. The zero-order chi connectivity index (χ0) is 19.5. The van der Waals surface area contributed by atoms with Gasteiger partial charge in [-0.05, 0) is 38.1 Å². The standard InChI is InChI=1S/C19H31FN4O2S.HI/c1-3-21-18(22-8-13-27-17-6-4-16(20)5-7-17)23-14-19(2,25)15-24-9-11-26-12-10-24;/h4-7,25H,3,8-15H2,1-2H3,(H2,21,22,23);1H. The highest BCUT2D eigenvalue weighted by Gasteiger charge is 2.25. The normalized spacial score (nSPS) is 17.5. The summed E-state index contributed by atoms with van der Waals surface area (Å²) in [5, 5.41) is 17.1. The van der Waals surface area contributed by atoms with Crippen molar-refractivity contribution in [1.82, 2.24) is 15.5 Å². The molecule has 1 aromatic rings. The van der Waals surface area contributed by atoms with Crippen LogP contribution in [0.2, 0.25) is 0 Å². The van der Waals surface area contributed by atoms with Gasteiger partial charge in [0.25, 0.3) is 0 Å². The van der Waals surface area contributed by atoms with E-state index in [0.29, 0.717) is 19.0 Å². The number of benzene rings is 1. The molecule has 1 aromatic carbocycles. The van der Waals surface area contributed by atoms with Gasteiger partial charge in [-0.3, -0.25) is 9.89 Å². The number of nitrogens with one attached hydrogen (secondary N) is 2. The van der Waals surface area contributed by atoms with Gasteiger partial charge in [0.15, 0.2) is 5.96 Å². The van der Waals surface area contributed by atoms with E-state index < -0.39 is 5.60 Å². The van der Waals surface area contributed by atoms with E-state index in [9.17, 15) is 9.50 Å². The number of ether oxygens (including phenoxy) is 1. The molecule has 1 fully saturated rings. The van der Waals surface area contributed by atoms with Crippen LogP contribution in [0.25, 0.3) is 0 Å². The molecule has 6 nitrogen and oxygen atoms in total. The average Bonchev–Trinajstić information content (AvgIpc) is 2.65. The molecule has 1 atom stereocenters. The van der Waals surface area contributed by atoms with E-state index in [1.54, 1.807) is 23.9 Å². The molecule has 1 aliphatic heterocycles. The van der Waals surface area contributed by atoms with Crippen LogP contribution in [0.15, 0.2) is 34.2 Å². The second-order valence-corrected chi connectivity index (χ2v) is 7.98. The third kappa shape index (κ3) is 10.2. The van der Waals surface area contributed by atoms with Gasteiger partial charge >= 0.3 is 0 Å². The van der Waals surface area contributed by atoms with E-state index in [-0.39, 0.29) is 29.8 Å². The summed E-state index contributed by atoms with van der Waals surface area (Å²) in [6, 6.07) is 6.50. The SMILES string of the molecule is CCNC(=NCC(C)(O)CN1CCOCC1)NCCSc1ccc(F)cc1.I. The molecule has 0 radical (unpaired) electrons. The number of guanidine groups is 1. The van der Waals surface area contributed by atoms with Crippen LogP contribution in [-0.4, -0.2) is 79.8 Å². The first-order valence-electron chi connectivity index (χ1n) is 9.41. The van der Waals surface area contributed by atoms with Gasteiger partial charge in [-0.2, -0.15) is 0 Å². The highest BCUT2D eigenvalue weighted by Crippen LogP contribution is 2.17. The Morgan fingerprint density at radius 2 is 1.96 bits per heavy atom. The number of thioether (sulfide) groups is 1. The quantitative estimate of drug-likeness (QED) is 0.151. The lowest BCUT2D eigenvalue weighted by Gasteiger charge is -2.33. The monoisotopic (exact) mass is 526 g/mol. The molecule has 3 N–H and O–H groups in total. The third-order valence-corrected chi connectivity index (χ3v) is 5.08. The summed E-state index contributed by atoms with van der Waals surface area (Å²) >= 11 is 1.66. The third-order valence-electron chi connectivity index (χ3n) is 4.07. The summed E-state index contributed by atoms with van der Waals surface area (Å²) in [6.45, 7) is 9.34. The Morgan fingerprint density at radius 3 is 2.61 bits per heavy atom. The number of morpholine rings is 1. The number of rotatable bonds is 9. The van der Waals surface area contributed by atoms with Crippen molar-refractivity contribution in [3.8, 4) is 0 Å². The Hall–Kier alpha value is -0.620. The van der Waals surface area contributed by atoms with Gasteiger partial charge in [-0.15, -0.1) is 35.7 Å². The Balaban J connectivity index is 0.00000392. The molecule has 0 spiro atoms. The molecule has 2 rings (SSSR count). The minimum absolute atomic E-state index is 0. The van der Waals surface area contributed by atoms with Gasteiger partial charge in [0.1, 0.15) is 5.82 Å². The maximum Gasteiger partial charge on any atom is 0.191 e. The molecule has 28 heavy (non-hydrogen) atoms. The summed E-state index contributed by atoms with van der Waals surface area (Å²) < 4.78 is 18.3. The number of hydrogen-bond acceptors (Lipinski definition) is 5. The topological polar surface area (TPSA) is 69.1 Å². The van der Waals surface area contributed by atoms with Crippen LogP contribution in [0.1, 0.15) is 13.8 Å². The summed E-state index contributed by atoms with van der Waals surface area (Å²) in [4.78, 5) is 7.78. The molecule has 0 aliphatic carbocycles. The summed E-state index contributed by atoms with van der Waals surface area (Å²) in [7, 11) is 0. The lowest BCUT2D eigenvalue weighted by Crippen LogP contribution is -2.48. The summed E-state index contributed by atoms with van der Waals surface area (Å²) in [5.74, 6) is 1.31. The lowest BCUT2D eigenvalue weighted by molar-refractivity contribution is -0.0179. The number of β-amino-alcohol motifs (C(OH)–C–C–N with tert-alkyl or cyclic N) is 1. The second-order valence-electron chi connectivity index (χ2n) is 6.81. The van der Waals surface area contributed by atoms with Crippen LogP contribution >= 0.6 is 35.7 Å². The predicted molar refractivity (Wildman–Crippen MR) is 124 cm³/mol. The van der Waals surface area contributed by atoms with Crippen LogP contribution in [-0.2, 0) is 4.74 Å². The molecule has 0 saturated carbocycles. The van der Waals surface area contributed by atoms with Gasteiger partial charge in [0.05, 0.1) is 25.4 Å². The number of hydrogen-bond donors (Lipinski definition) is 3. The molecular weight excluding hydrogens is 494 g/mol. The van der Waals surface area contributed by atoms with E-state index in [1.807, 2.05) is 13.8 Å². The van der Waals surface area contributed by atoms with Crippen molar-refractivity contribution in [1.29, 1.82) is 0 Å². The Bertz CT molecular complexity index is 584. The Kier molecular flexibility index (Phi) is 12.3. The van der Waals surface area contributed by atoms with E-state index in [2.05, 4.69) is 20.5 Å². The minimum Gasteiger partial charge on any atom is -0.387 e. The molecule has 0 aromatic heterocycles. The average molecular weight is 526 g/mol. The zero-order valence-corrected chi connectivity index (χ0v) is 19.8. The fourth-order valence-corrected chi connectivity index (χ4v) is 3.52. The van der Waals surface area contributed by atoms with Gasteiger partial charge < -0.3 is 20.5 Å². The van der Waals surface area contributed by atoms with Crippen LogP contribution in [0.4, 0.5) is 4.39 Å². The number of aliphatic hydroxyl groups is 1. The molecule has 1 saturated heterocycles. The molecule has 160 valence electrons. The Labute approximate surface area is 188 Å². The first-order chi connectivity index (χ1) is 13.0.